The van der Waals surface area contributed by atoms with E-state index in [-0.39, 0.29) is 12.1 Å². The largest absolute Gasteiger partial charge is 0.478 e. The van der Waals surface area contributed by atoms with Gasteiger partial charge in [0.05, 0.1) is 12.0 Å². The molecule has 0 amide bonds. The molecule has 7 heteroatoms. The van der Waals surface area contributed by atoms with Crippen molar-refractivity contribution in [1.29, 1.82) is 0 Å². The van der Waals surface area contributed by atoms with Crippen LogP contribution in [0.2, 0.25) is 0 Å². The number of nitrogens with one attached hydrogen (secondary N) is 1. The minimum atomic E-state index is -4.21. The third-order valence-electron chi connectivity index (χ3n) is 1.94. The quantitative estimate of drug-likeness (QED) is 0.894. The highest BCUT2D eigenvalue weighted by Crippen LogP contribution is 2.25. The molecule has 0 saturated heterocycles. The first-order valence-corrected chi connectivity index (χ1v) is 5.42. The monoisotopic (exact) mass is 311 g/mol. The molecule has 0 aliphatic heterocycles. The minimum Gasteiger partial charge on any atom is -0.478 e. The van der Waals surface area contributed by atoms with Gasteiger partial charge in [-0.3, -0.25) is 0 Å². The highest BCUT2D eigenvalue weighted by atomic mass is 79.9. The Hall–Kier alpha value is -1.24. The molecule has 0 unspecified atom stereocenters. The summed E-state index contributed by atoms with van der Waals surface area (Å²) in [4.78, 5) is 10.6. The normalized spacial score (nSPS) is 11.3. The van der Waals surface area contributed by atoms with Gasteiger partial charge in [0.2, 0.25) is 0 Å². The van der Waals surface area contributed by atoms with Gasteiger partial charge in [0.15, 0.2) is 0 Å². The van der Waals surface area contributed by atoms with E-state index >= 15 is 0 Å². The first-order chi connectivity index (χ1) is 7.79. The third-order valence-corrected chi connectivity index (χ3v) is 2.60. The average Bonchev–Trinajstić information content (AvgIpc) is 2.18. The molecule has 0 aliphatic carbocycles. The zero-order chi connectivity index (χ0) is 13.1. The van der Waals surface area contributed by atoms with Gasteiger partial charge in [-0.2, -0.15) is 13.2 Å². The zero-order valence-electron chi connectivity index (χ0n) is 8.51. The number of rotatable bonds is 4. The molecule has 2 N–H and O–H groups in total. The lowest BCUT2D eigenvalue weighted by atomic mass is 10.2. The molecule has 1 aromatic carbocycles. The smallest absolute Gasteiger partial charge is 0.390 e. The highest BCUT2D eigenvalue weighted by Gasteiger charge is 2.26. The minimum absolute atomic E-state index is 0.0678. The Morgan fingerprint density at radius 3 is 2.53 bits per heavy atom. The van der Waals surface area contributed by atoms with Crippen LogP contribution in [0, 0.1) is 0 Å². The summed E-state index contributed by atoms with van der Waals surface area (Å²) < 4.78 is 36.1. The van der Waals surface area contributed by atoms with Crippen LogP contribution < -0.4 is 5.32 Å². The summed E-state index contributed by atoms with van der Waals surface area (Å²) >= 11 is 3.09. The van der Waals surface area contributed by atoms with Crippen LogP contribution in [-0.2, 0) is 0 Å². The number of halogens is 4. The van der Waals surface area contributed by atoms with Crippen LogP contribution >= 0.6 is 15.9 Å². The summed E-state index contributed by atoms with van der Waals surface area (Å²) in [5.41, 5.74) is 0.498. The SMILES string of the molecule is O=C(O)c1ccc(NCCC(F)(F)F)c(Br)c1. The highest BCUT2D eigenvalue weighted by molar-refractivity contribution is 9.10. The van der Waals surface area contributed by atoms with Gasteiger partial charge in [0.1, 0.15) is 0 Å². The van der Waals surface area contributed by atoms with E-state index in [1.807, 2.05) is 0 Å². The van der Waals surface area contributed by atoms with Crippen molar-refractivity contribution in [1.82, 2.24) is 0 Å². The van der Waals surface area contributed by atoms with E-state index in [1.54, 1.807) is 0 Å². The van der Waals surface area contributed by atoms with E-state index in [1.165, 1.54) is 18.2 Å². The maximum Gasteiger partial charge on any atom is 0.390 e. The number of carboxylic acids is 1. The number of carboxylic acid groups (broad SMARTS) is 1. The summed E-state index contributed by atoms with van der Waals surface area (Å²) in [6.45, 7) is -0.255. The zero-order valence-corrected chi connectivity index (χ0v) is 10.1. The second kappa shape index (κ2) is 5.39. The van der Waals surface area contributed by atoms with Crippen molar-refractivity contribution in [2.45, 2.75) is 12.6 Å². The van der Waals surface area contributed by atoms with Crippen LogP contribution in [0.1, 0.15) is 16.8 Å². The van der Waals surface area contributed by atoms with Gasteiger partial charge in [-0.1, -0.05) is 0 Å². The van der Waals surface area contributed by atoms with Crippen molar-refractivity contribution in [3.8, 4) is 0 Å². The van der Waals surface area contributed by atoms with Gasteiger partial charge >= 0.3 is 12.1 Å². The fraction of sp³-hybridized carbons (Fsp3) is 0.300. The van der Waals surface area contributed by atoms with Gasteiger partial charge in [-0.25, -0.2) is 4.79 Å². The van der Waals surface area contributed by atoms with Gasteiger partial charge in [-0.15, -0.1) is 0 Å². The number of hydrogen-bond donors (Lipinski definition) is 2. The Morgan fingerprint density at radius 2 is 2.06 bits per heavy atom. The van der Waals surface area contributed by atoms with E-state index in [0.29, 0.717) is 10.2 Å². The number of hydrogen-bond acceptors (Lipinski definition) is 2. The molecule has 0 fully saturated rings. The Morgan fingerprint density at radius 1 is 1.41 bits per heavy atom. The van der Waals surface area contributed by atoms with Crippen molar-refractivity contribution in [2.24, 2.45) is 0 Å². The molecular weight excluding hydrogens is 303 g/mol. The number of benzene rings is 1. The van der Waals surface area contributed by atoms with Crippen LogP contribution in [0.4, 0.5) is 18.9 Å². The lowest BCUT2D eigenvalue weighted by Crippen LogP contribution is -2.14. The van der Waals surface area contributed by atoms with E-state index in [9.17, 15) is 18.0 Å². The maximum atomic E-state index is 11.9. The molecule has 0 heterocycles. The fourth-order valence-corrected chi connectivity index (χ4v) is 1.65. The average molecular weight is 312 g/mol. The predicted octanol–water partition coefficient (Wildman–Crippen LogP) is 3.51. The van der Waals surface area contributed by atoms with Crippen LogP contribution in [0.3, 0.4) is 0 Å². The van der Waals surface area contributed by atoms with Gasteiger partial charge in [0.25, 0.3) is 0 Å². The Bertz CT molecular complexity index is 421. The summed E-state index contributed by atoms with van der Waals surface area (Å²) in [5.74, 6) is -1.09. The van der Waals surface area contributed by atoms with Crippen molar-refractivity contribution in [3.05, 3.63) is 28.2 Å². The van der Waals surface area contributed by atoms with Crippen LogP contribution in [0.5, 0.6) is 0 Å². The molecule has 17 heavy (non-hydrogen) atoms. The number of alkyl halides is 3. The summed E-state index contributed by atoms with van der Waals surface area (Å²) in [6, 6.07) is 4.07. The standard InChI is InChI=1S/C10H9BrF3NO2/c11-7-5-6(9(16)17)1-2-8(7)15-4-3-10(12,13)14/h1-2,5,15H,3-4H2,(H,16,17). The Balaban J connectivity index is 2.64. The van der Waals surface area contributed by atoms with Crippen LogP contribution in [0.15, 0.2) is 22.7 Å². The Kier molecular flexibility index (Phi) is 4.39. The summed E-state index contributed by atoms with van der Waals surface area (Å²) in [5, 5.41) is 11.3. The van der Waals surface area contributed by atoms with E-state index in [0.717, 1.165) is 0 Å². The molecule has 1 rings (SSSR count). The third kappa shape index (κ3) is 4.64. The van der Waals surface area contributed by atoms with E-state index in [2.05, 4.69) is 21.2 Å². The molecule has 0 radical (unpaired) electrons. The first kappa shape index (κ1) is 13.8. The number of carbonyl (C=O) groups is 1. The van der Waals surface area contributed by atoms with E-state index < -0.39 is 18.6 Å². The van der Waals surface area contributed by atoms with Crippen molar-refractivity contribution >= 4 is 27.6 Å². The lowest BCUT2D eigenvalue weighted by molar-refractivity contribution is -0.131. The topological polar surface area (TPSA) is 49.3 Å². The molecule has 1 aromatic rings. The van der Waals surface area contributed by atoms with Crippen LogP contribution in [-0.4, -0.2) is 23.8 Å². The number of aromatic carboxylic acids is 1. The molecule has 0 aromatic heterocycles. The molecule has 94 valence electrons. The van der Waals surface area contributed by atoms with Gasteiger partial charge in [-0.05, 0) is 34.1 Å². The van der Waals surface area contributed by atoms with Crippen molar-refractivity contribution < 1.29 is 23.1 Å². The maximum absolute atomic E-state index is 11.9. The van der Waals surface area contributed by atoms with Crippen molar-refractivity contribution in [2.75, 3.05) is 11.9 Å². The fourth-order valence-electron chi connectivity index (χ4n) is 1.13. The second-order valence-electron chi connectivity index (χ2n) is 3.29. The second-order valence-corrected chi connectivity index (χ2v) is 4.15. The summed E-state index contributed by atoms with van der Waals surface area (Å²) in [7, 11) is 0. The molecule has 0 atom stereocenters. The van der Waals surface area contributed by atoms with Gasteiger partial charge in [0, 0.05) is 16.7 Å². The molecule has 0 bridgehead atoms. The number of anilines is 1. The van der Waals surface area contributed by atoms with E-state index in [4.69, 9.17) is 5.11 Å². The summed E-state index contributed by atoms with van der Waals surface area (Å²) in [6.07, 6.45) is -5.15. The molecular formula is C10H9BrF3NO2. The predicted molar refractivity (Wildman–Crippen MR) is 60.3 cm³/mol. The molecule has 0 saturated carbocycles. The first-order valence-electron chi connectivity index (χ1n) is 4.63. The van der Waals surface area contributed by atoms with Crippen molar-refractivity contribution in [3.63, 3.8) is 0 Å². The van der Waals surface area contributed by atoms with Crippen LogP contribution in [0.25, 0.3) is 0 Å². The Labute approximate surface area is 104 Å². The van der Waals surface area contributed by atoms with Gasteiger partial charge < -0.3 is 10.4 Å². The molecule has 3 nitrogen and oxygen atoms in total. The molecule has 0 spiro atoms. The molecule has 0 aliphatic rings. The lowest BCUT2D eigenvalue weighted by Gasteiger charge is -2.10.